The lowest BCUT2D eigenvalue weighted by Gasteiger charge is -2.28. The molecule has 0 aliphatic carbocycles. The zero-order valence-corrected chi connectivity index (χ0v) is 17.7. The van der Waals surface area contributed by atoms with Gasteiger partial charge in [-0.2, -0.15) is 13.2 Å². The molecule has 1 aliphatic heterocycles. The van der Waals surface area contributed by atoms with Crippen molar-refractivity contribution < 1.29 is 22.7 Å². The summed E-state index contributed by atoms with van der Waals surface area (Å²) in [5, 5.41) is 5.74. The number of rotatable bonds is 6. The molecule has 6 nitrogen and oxygen atoms in total. The predicted molar refractivity (Wildman–Crippen MR) is 120 cm³/mol. The maximum Gasteiger partial charge on any atom is 0.416 e. The molecule has 1 fully saturated rings. The van der Waals surface area contributed by atoms with E-state index in [4.69, 9.17) is 4.74 Å². The number of hydrogen-bond donors (Lipinski definition) is 2. The Kier molecular flexibility index (Phi) is 6.79. The van der Waals surface area contributed by atoms with Gasteiger partial charge in [0.25, 0.3) is 5.91 Å². The summed E-state index contributed by atoms with van der Waals surface area (Å²) in [5.41, 5.74) is 0.519. The standard InChI is InChI=1S/C24H23F3N4O2/c25-24(26,27)18-7-4-8-19(15-18)30-23(32)22(17-5-2-1-3-6-17)29-20-9-10-21(28-16-20)31-11-13-33-14-12-31/h1-10,15-16,22,29H,11-14H2,(H,30,32)/t22-/m1/s1. The molecule has 0 bridgehead atoms. The van der Waals surface area contributed by atoms with Crippen molar-refractivity contribution in [2.75, 3.05) is 41.8 Å². The van der Waals surface area contributed by atoms with E-state index < -0.39 is 23.7 Å². The SMILES string of the molecule is O=C(Nc1cccc(C(F)(F)F)c1)[C@H](Nc1ccc(N2CCOCC2)nc1)c1ccccc1. The van der Waals surface area contributed by atoms with Crippen LogP contribution in [0.3, 0.4) is 0 Å². The molecule has 172 valence electrons. The number of nitrogens with one attached hydrogen (secondary N) is 2. The largest absolute Gasteiger partial charge is 0.416 e. The van der Waals surface area contributed by atoms with E-state index in [2.05, 4.69) is 20.5 Å². The second-order valence-electron chi connectivity index (χ2n) is 7.56. The number of carbonyl (C=O) groups excluding carboxylic acids is 1. The second-order valence-corrected chi connectivity index (χ2v) is 7.56. The molecule has 1 aromatic heterocycles. The molecule has 9 heteroatoms. The first kappa shape index (κ1) is 22.6. The first-order valence-electron chi connectivity index (χ1n) is 10.5. The maximum absolute atomic E-state index is 13.1. The van der Waals surface area contributed by atoms with Gasteiger partial charge in [-0.3, -0.25) is 4.79 Å². The third kappa shape index (κ3) is 5.81. The zero-order valence-electron chi connectivity index (χ0n) is 17.7. The number of carbonyl (C=O) groups is 1. The number of morpholine rings is 1. The minimum absolute atomic E-state index is 0.0679. The summed E-state index contributed by atoms with van der Waals surface area (Å²) < 4.78 is 44.5. The van der Waals surface area contributed by atoms with Crippen molar-refractivity contribution in [3.63, 3.8) is 0 Å². The lowest BCUT2D eigenvalue weighted by atomic mass is 10.1. The van der Waals surface area contributed by atoms with Crippen molar-refractivity contribution in [2.24, 2.45) is 0 Å². The van der Waals surface area contributed by atoms with Crippen molar-refractivity contribution in [1.82, 2.24) is 4.98 Å². The molecule has 0 spiro atoms. The Balaban J connectivity index is 1.53. The molecular weight excluding hydrogens is 433 g/mol. The van der Waals surface area contributed by atoms with Crippen LogP contribution in [0.25, 0.3) is 0 Å². The van der Waals surface area contributed by atoms with Crippen LogP contribution in [-0.2, 0) is 15.7 Å². The van der Waals surface area contributed by atoms with Crippen LogP contribution >= 0.6 is 0 Å². The van der Waals surface area contributed by atoms with E-state index in [1.807, 2.05) is 18.2 Å². The molecule has 1 aliphatic rings. The first-order chi connectivity index (χ1) is 15.9. The van der Waals surface area contributed by atoms with Crippen molar-refractivity contribution >= 4 is 23.1 Å². The molecule has 0 radical (unpaired) electrons. The fraction of sp³-hybridized carbons (Fsp3) is 0.250. The van der Waals surface area contributed by atoms with Crippen molar-refractivity contribution in [3.05, 3.63) is 84.1 Å². The monoisotopic (exact) mass is 456 g/mol. The van der Waals surface area contributed by atoms with Gasteiger partial charge >= 0.3 is 6.18 Å². The highest BCUT2D eigenvalue weighted by Crippen LogP contribution is 2.31. The number of amides is 1. The van der Waals surface area contributed by atoms with Gasteiger partial charge in [-0.05, 0) is 35.9 Å². The van der Waals surface area contributed by atoms with E-state index in [0.29, 0.717) is 24.5 Å². The third-order valence-corrected chi connectivity index (χ3v) is 5.25. The molecule has 1 amide bonds. The number of anilines is 3. The Bertz CT molecular complexity index is 1070. The van der Waals surface area contributed by atoms with E-state index in [0.717, 1.165) is 31.0 Å². The van der Waals surface area contributed by atoms with Crippen LogP contribution < -0.4 is 15.5 Å². The quantitative estimate of drug-likeness (QED) is 0.562. The number of halogens is 3. The summed E-state index contributed by atoms with van der Waals surface area (Å²) in [6, 6.07) is 16.4. The van der Waals surface area contributed by atoms with Gasteiger partial charge in [0.05, 0.1) is 30.7 Å². The fourth-order valence-corrected chi connectivity index (χ4v) is 3.55. The van der Waals surface area contributed by atoms with E-state index in [9.17, 15) is 18.0 Å². The highest BCUT2D eigenvalue weighted by molar-refractivity contribution is 5.97. The average Bonchev–Trinajstić information content (AvgIpc) is 2.83. The summed E-state index contributed by atoms with van der Waals surface area (Å²) >= 11 is 0. The fourth-order valence-electron chi connectivity index (χ4n) is 3.55. The van der Waals surface area contributed by atoms with Gasteiger partial charge in [0.1, 0.15) is 11.9 Å². The van der Waals surface area contributed by atoms with Crippen LogP contribution in [0.5, 0.6) is 0 Å². The molecule has 3 aromatic rings. The van der Waals surface area contributed by atoms with Gasteiger partial charge in [0, 0.05) is 18.8 Å². The molecule has 4 rings (SSSR count). The first-order valence-corrected chi connectivity index (χ1v) is 10.5. The van der Waals surface area contributed by atoms with Crippen molar-refractivity contribution in [3.8, 4) is 0 Å². The Morgan fingerprint density at radius 2 is 1.73 bits per heavy atom. The number of pyridine rings is 1. The molecule has 1 saturated heterocycles. The Hall–Kier alpha value is -3.59. The molecule has 2 aromatic carbocycles. The van der Waals surface area contributed by atoms with Crippen molar-refractivity contribution in [2.45, 2.75) is 12.2 Å². The summed E-state index contributed by atoms with van der Waals surface area (Å²) in [4.78, 5) is 19.7. The number of ether oxygens (including phenoxy) is 1. The lowest BCUT2D eigenvalue weighted by Crippen LogP contribution is -2.36. The lowest BCUT2D eigenvalue weighted by molar-refractivity contribution is -0.137. The van der Waals surface area contributed by atoms with E-state index >= 15 is 0 Å². The smallest absolute Gasteiger partial charge is 0.378 e. The normalized spacial score (nSPS) is 15.1. The molecule has 0 unspecified atom stereocenters. The molecule has 0 saturated carbocycles. The number of nitrogens with zero attached hydrogens (tertiary/aromatic N) is 2. The molecule has 2 N–H and O–H groups in total. The van der Waals surface area contributed by atoms with E-state index in [1.54, 1.807) is 30.5 Å². The molecule has 33 heavy (non-hydrogen) atoms. The number of hydrogen-bond acceptors (Lipinski definition) is 5. The second kappa shape index (κ2) is 9.91. The average molecular weight is 456 g/mol. The molecular formula is C24H23F3N4O2. The Morgan fingerprint density at radius 3 is 2.39 bits per heavy atom. The highest BCUT2D eigenvalue weighted by Gasteiger charge is 2.31. The third-order valence-electron chi connectivity index (χ3n) is 5.25. The van der Waals surface area contributed by atoms with Gasteiger partial charge in [-0.25, -0.2) is 4.98 Å². The van der Waals surface area contributed by atoms with Crippen LogP contribution in [0.1, 0.15) is 17.2 Å². The number of alkyl halides is 3. The van der Waals surface area contributed by atoms with Crippen LogP contribution in [0, 0.1) is 0 Å². The van der Waals surface area contributed by atoms with Gasteiger partial charge in [-0.15, -0.1) is 0 Å². The van der Waals surface area contributed by atoms with Crippen LogP contribution in [-0.4, -0.2) is 37.2 Å². The predicted octanol–water partition coefficient (Wildman–Crippen LogP) is 4.73. The molecule has 1 atom stereocenters. The number of aromatic nitrogens is 1. The summed E-state index contributed by atoms with van der Waals surface area (Å²) in [6.45, 7) is 2.80. The van der Waals surface area contributed by atoms with Gasteiger partial charge < -0.3 is 20.3 Å². The Morgan fingerprint density at radius 1 is 0.970 bits per heavy atom. The minimum Gasteiger partial charge on any atom is -0.378 e. The van der Waals surface area contributed by atoms with Gasteiger partial charge in [-0.1, -0.05) is 36.4 Å². The Labute approximate surface area is 189 Å². The van der Waals surface area contributed by atoms with Crippen LogP contribution in [0.4, 0.5) is 30.4 Å². The van der Waals surface area contributed by atoms with Gasteiger partial charge in [0.15, 0.2) is 0 Å². The topological polar surface area (TPSA) is 66.5 Å². The van der Waals surface area contributed by atoms with Crippen molar-refractivity contribution in [1.29, 1.82) is 0 Å². The van der Waals surface area contributed by atoms with Gasteiger partial charge in [0.2, 0.25) is 0 Å². The van der Waals surface area contributed by atoms with Crippen LogP contribution in [0.15, 0.2) is 72.9 Å². The minimum atomic E-state index is -4.49. The number of benzene rings is 2. The van der Waals surface area contributed by atoms with E-state index in [1.165, 1.54) is 12.1 Å². The highest BCUT2D eigenvalue weighted by atomic mass is 19.4. The molecule has 2 heterocycles. The summed E-state index contributed by atoms with van der Waals surface area (Å²) in [5.74, 6) is 0.325. The summed E-state index contributed by atoms with van der Waals surface area (Å²) in [6.07, 6.45) is -2.86. The summed E-state index contributed by atoms with van der Waals surface area (Å²) in [7, 11) is 0. The van der Waals surface area contributed by atoms with E-state index in [-0.39, 0.29) is 5.69 Å². The maximum atomic E-state index is 13.1. The van der Waals surface area contributed by atoms with Crippen LogP contribution in [0.2, 0.25) is 0 Å². The zero-order chi connectivity index (χ0) is 23.3.